The first-order valence-electron chi connectivity index (χ1n) is 4.46. The number of aliphatic hydroxyl groups is 1. The van der Waals surface area contributed by atoms with Gasteiger partial charge in [-0.15, -0.1) is 0 Å². The number of benzene rings is 1. The van der Waals surface area contributed by atoms with E-state index in [4.69, 9.17) is 0 Å². The third-order valence-electron chi connectivity index (χ3n) is 2.46. The molecule has 0 heterocycles. The van der Waals surface area contributed by atoms with Crippen molar-refractivity contribution in [3.8, 4) is 0 Å². The second-order valence-corrected chi connectivity index (χ2v) is 3.53. The number of hydrogen-bond acceptors (Lipinski definition) is 1. The number of aryl methyl sites for hydroxylation is 1. The van der Waals surface area contributed by atoms with Crippen molar-refractivity contribution in [2.24, 2.45) is 0 Å². The van der Waals surface area contributed by atoms with E-state index in [2.05, 4.69) is 0 Å². The van der Waals surface area contributed by atoms with E-state index in [-0.39, 0.29) is 11.7 Å². The minimum Gasteiger partial charge on any atom is -0.393 e. The van der Waals surface area contributed by atoms with Crippen LogP contribution in [0.3, 0.4) is 0 Å². The summed E-state index contributed by atoms with van der Waals surface area (Å²) in [5.41, 5.74) is 1.91. The summed E-state index contributed by atoms with van der Waals surface area (Å²) in [7, 11) is 0. The molecule has 2 atom stereocenters. The molecule has 0 amide bonds. The van der Waals surface area contributed by atoms with E-state index in [1.54, 1.807) is 13.0 Å². The van der Waals surface area contributed by atoms with Gasteiger partial charge >= 0.3 is 0 Å². The van der Waals surface area contributed by atoms with Crippen molar-refractivity contribution in [1.29, 1.82) is 0 Å². The second-order valence-electron chi connectivity index (χ2n) is 3.53. The summed E-state index contributed by atoms with van der Waals surface area (Å²) in [6.45, 7) is 5.54. The Labute approximate surface area is 78.2 Å². The van der Waals surface area contributed by atoms with Crippen molar-refractivity contribution < 1.29 is 9.50 Å². The van der Waals surface area contributed by atoms with Crippen LogP contribution in [0.15, 0.2) is 18.2 Å². The van der Waals surface area contributed by atoms with E-state index in [0.717, 1.165) is 11.1 Å². The fraction of sp³-hybridized carbons (Fsp3) is 0.455. The third kappa shape index (κ3) is 2.28. The monoisotopic (exact) mass is 182 g/mol. The smallest absolute Gasteiger partial charge is 0.123 e. The van der Waals surface area contributed by atoms with Crippen LogP contribution >= 0.6 is 0 Å². The molecule has 0 fully saturated rings. The Morgan fingerprint density at radius 1 is 1.31 bits per heavy atom. The minimum absolute atomic E-state index is 0.0179. The van der Waals surface area contributed by atoms with Crippen LogP contribution in [0, 0.1) is 12.7 Å². The first-order chi connectivity index (χ1) is 6.02. The number of halogens is 1. The maximum atomic E-state index is 12.9. The second kappa shape index (κ2) is 3.88. The first-order valence-corrected chi connectivity index (χ1v) is 4.46. The molecule has 0 saturated carbocycles. The molecular weight excluding hydrogens is 167 g/mol. The van der Waals surface area contributed by atoms with Gasteiger partial charge in [0.1, 0.15) is 5.82 Å². The summed E-state index contributed by atoms with van der Waals surface area (Å²) in [5, 5.41) is 9.37. The van der Waals surface area contributed by atoms with Gasteiger partial charge in [0.2, 0.25) is 0 Å². The van der Waals surface area contributed by atoms with Crippen LogP contribution < -0.4 is 0 Å². The number of rotatable bonds is 2. The SMILES string of the molecule is Cc1ccc(F)cc1C(C)C(C)O. The van der Waals surface area contributed by atoms with Gasteiger partial charge in [0, 0.05) is 5.92 Å². The van der Waals surface area contributed by atoms with Gasteiger partial charge < -0.3 is 5.11 Å². The van der Waals surface area contributed by atoms with Gasteiger partial charge in [0.15, 0.2) is 0 Å². The molecule has 1 rings (SSSR count). The molecule has 0 bridgehead atoms. The molecule has 0 spiro atoms. The Balaban J connectivity index is 3.05. The molecule has 1 nitrogen and oxygen atoms in total. The molecule has 1 aromatic carbocycles. The summed E-state index contributed by atoms with van der Waals surface area (Å²) in [6, 6.07) is 4.67. The van der Waals surface area contributed by atoms with E-state index in [0.29, 0.717) is 0 Å². The molecule has 1 N–H and O–H groups in total. The van der Waals surface area contributed by atoms with Crippen molar-refractivity contribution in [3.63, 3.8) is 0 Å². The fourth-order valence-corrected chi connectivity index (χ4v) is 1.36. The average molecular weight is 182 g/mol. The molecule has 1 aromatic rings. The lowest BCUT2D eigenvalue weighted by atomic mass is 9.92. The van der Waals surface area contributed by atoms with Crippen molar-refractivity contribution in [2.75, 3.05) is 0 Å². The van der Waals surface area contributed by atoms with E-state index in [1.165, 1.54) is 12.1 Å². The predicted octanol–water partition coefficient (Wildman–Crippen LogP) is 2.62. The summed E-state index contributed by atoms with van der Waals surface area (Å²) >= 11 is 0. The van der Waals surface area contributed by atoms with E-state index in [1.807, 2.05) is 13.8 Å². The molecule has 0 aliphatic heterocycles. The van der Waals surface area contributed by atoms with Crippen LogP contribution in [0.1, 0.15) is 30.9 Å². The summed E-state index contributed by atoms with van der Waals surface area (Å²) in [6.07, 6.45) is -0.444. The topological polar surface area (TPSA) is 20.2 Å². The lowest BCUT2D eigenvalue weighted by Gasteiger charge is -2.17. The van der Waals surface area contributed by atoms with Crippen molar-refractivity contribution in [1.82, 2.24) is 0 Å². The predicted molar refractivity (Wildman–Crippen MR) is 51.2 cm³/mol. The molecule has 2 unspecified atom stereocenters. The van der Waals surface area contributed by atoms with Crippen LogP contribution in [0.25, 0.3) is 0 Å². The minimum atomic E-state index is -0.444. The van der Waals surface area contributed by atoms with Crippen LogP contribution in [-0.4, -0.2) is 11.2 Å². The van der Waals surface area contributed by atoms with Crippen LogP contribution in [0.4, 0.5) is 4.39 Å². The molecule has 0 aromatic heterocycles. The van der Waals surface area contributed by atoms with E-state index in [9.17, 15) is 9.50 Å². The number of hydrogen-bond donors (Lipinski definition) is 1. The maximum absolute atomic E-state index is 12.9. The Kier molecular flexibility index (Phi) is 3.04. The van der Waals surface area contributed by atoms with Crippen LogP contribution in [-0.2, 0) is 0 Å². The zero-order chi connectivity index (χ0) is 10.0. The highest BCUT2D eigenvalue weighted by Gasteiger charge is 2.14. The molecule has 72 valence electrons. The number of aliphatic hydroxyl groups excluding tert-OH is 1. The first kappa shape index (κ1) is 10.2. The van der Waals surface area contributed by atoms with Crippen molar-refractivity contribution in [2.45, 2.75) is 32.8 Å². The van der Waals surface area contributed by atoms with Gasteiger partial charge in [-0.1, -0.05) is 13.0 Å². The van der Waals surface area contributed by atoms with Gasteiger partial charge in [-0.25, -0.2) is 4.39 Å². The quantitative estimate of drug-likeness (QED) is 0.745. The van der Waals surface area contributed by atoms with Crippen molar-refractivity contribution in [3.05, 3.63) is 35.1 Å². The summed E-state index contributed by atoms with van der Waals surface area (Å²) in [5.74, 6) is -0.260. The molecule has 0 radical (unpaired) electrons. The van der Waals surface area contributed by atoms with Gasteiger partial charge in [-0.05, 0) is 37.1 Å². The molecule has 13 heavy (non-hydrogen) atoms. The molecule has 0 saturated heterocycles. The molecule has 0 aliphatic rings. The van der Waals surface area contributed by atoms with Gasteiger partial charge in [-0.2, -0.15) is 0 Å². The molecule has 0 aliphatic carbocycles. The van der Waals surface area contributed by atoms with Crippen LogP contribution in [0.5, 0.6) is 0 Å². The van der Waals surface area contributed by atoms with Gasteiger partial charge in [-0.3, -0.25) is 0 Å². The van der Waals surface area contributed by atoms with Gasteiger partial charge in [0.05, 0.1) is 6.10 Å². The summed E-state index contributed by atoms with van der Waals surface area (Å²) < 4.78 is 12.9. The Hall–Kier alpha value is -0.890. The summed E-state index contributed by atoms with van der Waals surface area (Å²) in [4.78, 5) is 0. The fourth-order valence-electron chi connectivity index (χ4n) is 1.36. The Morgan fingerprint density at radius 2 is 1.92 bits per heavy atom. The zero-order valence-corrected chi connectivity index (χ0v) is 8.21. The standard InChI is InChI=1S/C11H15FO/c1-7-4-5-10(12)6-11(7)8(2)9(3)13/h4-6,8-9,13H,1-3H3. The maximum Gasteiger partial charge on any atom is 0.123 e. The molecular formula is C11H15FO. The Bertz CT molecular complexity index is 294. The highest BCUT2D eigenvalue weighted by molar-refractivity contribution is 5.30. The normalized spacial score (nSPS) is 15.5. The largest absolute Gasteiger partial charge is 0.393 e. The Morgan fingerprint density at radius 3 is 2.46 bits per heavy atom. The zero-order valence-electron chi connectivity index (χ0n) is 8.21. The third-order valence-corrected chi connectivity index (χ3v) is 2.46. The average Bonchev–Trinajstić information content (AvgIpc) is 2.08. The van der Waals surface area contributed by atoms with Crippen molar-refractivity contribution >= 4 is 0 Å². The van der Waals surface area contributed by atoms with Gasteiger partial charge in [0.25, 0.3) is 0 Å². The van der Waals surface area contributed by atoms with E-state index < -0.39 is 6.10 Å². The lowest BCUT2D eigenvalue weighted by Crippen LogP contribution is -2.12. The molecule has 2 heteroatoms. The van der Waals surface area contributed by atoms with Crippen LogP contribution in [0.2, 0.25) is 0 Å². The highest BCUT2D eigenvalue weighted by Crippen LogP contribution is 2.23. The van der Waals surface area contributed by atoms with E-state index >= 15 is 0 Å². The highest BCUT2D eigenvalue weighted by atomic mass is 19.1. The lowest BCUT2D eigenvalue weighted by molar-refractivity contribution is 0.168.